The molecule has 2 aromatic rings. The summed E-state index contributed by atoms with van der Waals surface area (Å²) in [5, 5.41) is 3.56. The number of piperazine rings is 1. The van der Waals surface area contributed by atoms with Crippen LogP contribution in [0, 0.1) is 5.41 Å². The minimum atomic E-state index is 0.479. The fourth-order valence-corrected chi connectivity index (χ4v) is 6.62. The number of nitrogens with one attached hydrogen (secondary N) is 1. The van der Waals surface area contributed by atoms with Gasteiger partial charge >= 0.3 is 0 Å². The zero-order chi connectivity index (χ0) is 22.8. The van der Waals surface area contributed by atoms with E-state index in [-0.39, 0.29) is 0 Å². The van der Waals surface area contributed by atoms with Crippen LogP contribution in [0.1, 0.15) is 68.2 Å². The van der Waals surface area contributed by atoms with Crippen LogP contribution in [-0.2, 0) is 6.54 Å². The van der Waals surface area contributed by atoms with Gasteiger partial charge in [0.1, 0.15) is 5.75 Å². The Morgan fingerprint density at radius 1 is 1.03 bits per heavy atom. The Kier molecular flexibility index (Phi) is 6.78. The Balaban J connectivity index is 1.37. The highest BCUT2D eigenvalue weighted by Crippen LogP contribution is 2.52. The lowest BCUT2D eigenvalue weighted by molar-refractivity contribution is -0.0650. The average molecular weight is 448 g/mol. The third kappa shape index (κ3) is 4.84. The minimum Gasteiger partial charge on any atom is -0.497 e. The Bertz CT molecular complexity index is 928. The SMILES string of the molecule is COc1cccc(CN2CCN(C3CC4(CCNCC4)C3)C(c3ccccc3C(C)C)C2)c1. The van der Waals surface area contributed by atoms with Crippen molar-refractivity contribution >= 4 is 0 Å². The number of ether oxygens (including phenoxy) is 1. The molecule has 0 amide bonds. The second-order valence-corrected chi connectivity index (χ2v) is 10.9. The molecular weight excluding hydrogens is 406 g/mol. The van der Waals surface area contributed by atoms with E-state index in [4.69, 9.17) is 4.74 Å². The summed E-state index contributed by atoms with van der Waals surface area (Å²) in [5.74, 6) is 1.50. The van der Waals surface area contributed by atoms with Gasteiger partial charge in [-0.25, -0.2) is 0 Å². The van der Waals surface area contributed by atoms with E-state index >= 15 is 0 Å². The lowest BCUT2D eigenvalue weighted by Gasteiger charge is -2.57. The van der Waals surface area contributed by atoms with Crippen molar-refractivity contribution < 1.29 is 4.74 Å². The maximum atomic E-state index is 5.47. The van der Waals surface area contributed by atoms with Gasteiger partial charge in [-0.1, -0.05) is 50.2 Å². The summed E-state index contributed by atoms with van der Waals surface area (Å²) in [6.45, 7) is 11.5. The number of hydrogen-bond donors (Lipinski definition) is 1. The third-order valence-electron chi connectivity index (χ3n) is 8.49. The fourth-order valence-electron chi connectivity index (χ4n) is 6.62. The van der Waals surface area contributed by atoms with Crippen molar-refractivity contribution in [2.75, 3.05) is 39.8 Å². The molecule has 3 aliphatic rings. The van der Waals surface area contributed by atoms with Crippen LogP contribution >= 0.6 is 0 Å². The van der Waals surface area contributed by atoms with E-state index < -0.39 is 0 Å². The molecule has 1 N–H and O–H groups in total. The second kappa shape index (κ2) is 9.77. The van der Waals surface area contributed by atoms with Gasteiger partial charge < -0.3 is 10.1 Å². The number of benzene rings is 2. The Morgan fingerprint density at radius 3 is 2.58 bits per heavy atom. The van der Waals surface area contributed by atoms with Gasteiger partial charge in [0.2, 0.25) is 0 Å². The van der Waals surface area contributed by atoms with Gasteiger partial charge in [0.15, 0.2) is 0 Å². The molecule has 1 unspecified atom stereocenters. The molecular formula is C29H41N3O. The maximum Gasteiger partial charge on any atom is 0.119 e. The summed E-state index contributed by atoms with van der Waals surface area (Å²) in [6, 6.07) is 19.0. The predicted octanol–water partition coefficient (Wildman–Crippen LogP) is 5.21. The standard InChI is InChI=1S/C29H41N3O/c1-22(2)26-9-4-5-10-27(26)28-21-31(20-23-7-6-8-25(17-23)33-3)15-16-32(28)24-18-29(19-24)11-13-30-14-12-29/h4-10,17,22,24,28,30H,11-16,18-21H2,1-3H3. The average Bonchev–Trinajstić information content (AvgIpc) is 2.83. The fraction of sp³-hybridized carbons (Fsp3) is 0.586. The highest BCUT2D eigenvalue weighted by atomic mass is 16.5. The Morgan fingerprint density at radius 2 is 1.82 bits per heavy atom. The molecule has 2 aromatic carbocycles. The van der Waals surface area contributed by atoms with E-state index in [1.165, 1.54) is 56.4 Å². The molecule has 178 valence electrons. The second-order valence-electron chi connectivity index (χ2n) is 10.9. The molecule has 2 saturated heterocycles. The van der Waals surface area contributed by atoms with Crippen LogP contribution in [-0.4, -0.2) is 55.7 Å². The predicted molar refractivity (Wildman–Crippen MR) is 136 cm³/mol. The van der Waals surface area contributed by atoms with Crippen LogP contribution in [0.3, 0.4) is 0 Å². The van der Waals surface area contributed by atoms with Gasteiger partial charge in [0.05, 0.1) is 7.11 Å². The van der Waals surface area contributed by atoms with Crippen LogP contribution in [0.25, 0.3) is 0 Å². The van der Waals surface area contributed by atoms with Crippen LogP contribution in [0.2, 0.25) is 0 Å². The number of methoxy groups -OCH3 is 1. The summed E-state index contributed by atoms with van der Waals surface area (Å²) < 4.78 is 5.47. The van der Waals surface area contributed by atoms with E-state index in [2.05, 4.69) is 71.4 Å². The van der Waals surface area contributed by atoms with Crippen molar-refractivity contribution in [3.8, 4) is 5.75 Å². The van der Waals surface area contributed by atoms with Crippen molar-refractivity contribution in [1.29, 1.82) is 0 Å². The zero-order valence-electron chi connectivity index (χ0n) is 20.7. The van der Waals surface area contributed by atoms with Gasteiger partial charge in [-0.2, -0.15) is 0 Å². The van der Waals surface area contributed by atoms with Crippen molar-refractivity contribution in [1.82, 2.24) is 15.1 Å². The first-order valence-corrected chi connectivity index (χ1v) is 13.0. The summed E-state index contributed by atoms with van der Waals surface area (Å²) in [7, 11) is 1.75. The first kappa shape index (κ1) is 22.9. The van der Waals surface area contributed by atoms with Crippen LogP contribution in [0.15, 0.2) is 48.5 Å². The maximum absolute atomic E-state index is 5.47. The summed E-state index contributed by atoms with van der Waals surface area (Å²) >= 11 is 0. The molecule has 1 aliphatic carbocycles. The lowest BCUT2D eigenvalue weighted by atomic mass is 9.60. The van der Waals surface area contributed by atoms with Gasteiger partial charge in [-0.05, 0) is 78.9 Å². The molecule has 1 spiro atoms. The van der Waals surface area contributed by atoms with Crippen LogP contribution < -0.4 is 10.1 Å². The van der Waals surface area contributed by atoms with Crippen molar-refractivity contribution in [2.24, 2.45) is 5.41 Å². The Hall–Kier alpha value is -1.88. The van der Waals surface area contributed by atoms with Crippen LogP contribution in [0.5, 0.6) is 5.75 Å². The molecule has 3 fully saturated rings. The monoisotopic (exact) mass is 447 g/mol. The van der Waals surface area contributed by atoms with E-state index in [0.717, 1.165) is 31.4 Å². The van der Waals surface area contributed by atoms with Gasteiger partial charge in [0.25, 0.3) is 0 Å². The quantitative estimate of drug-likeness (QED) is 0.658. The summed E-state index contributed by atoms with van der Waals surface area (Å²) in [6.07, 6.45) is 5.52. The topological polar surface area (TPSA) is 27.7 Å². The number of rotatable bonds is 6. The minimum absolute atomic E-state index is 0.479. The van der Waals surface area contributed by atoms with Gasteiger partial charge in [-0.3, -0.25) is 9.80 Å². The molecule has 0 aromatic heterocycles. The van der Waals surface area contributed by atoms with Crippen molar-refractivity contribution in [3.05, 3.63) is 65.2 Å². The van der Waals surface area contributed by atoms with Crippen molar-refractivity contribution in [2.45, 2.75) is 64.1 Å². The number of nitrogens with zero attached hydrogens (tertiary/aromatic N) is 2. The largest absolute Gasteiger partial charge is 0.497 e. The number of piperidine rings is 1. The normalized spacial score (nSPS) is 24.2. The van der Waals surface area contributed by atoms with E-state index in [9.17, 15) is 0 Å². The first-order valence-electron chi connectivity index (χ1n) is 13.0. The smallest absolute Gasteiger partial charge is 0.119 e. The molecule has 0 bridgehead atoms. The van der Waals surface area contributed by atoms with E-state index in [0.29, 0.717) is 17.4 Å². The van der Waals surface area contributed by atoms with Gasteiger partial charge in [0, 0.05) is 38.3 Å². The molecule has 0 radical (unpaired) electrons. The molecule has 5 rings (SSSR count). The zero-order valence-corrected chi connectivity index (χ0v) is 20.7. The molecule has 4 heteroatoms. The summed E-state index contributed by atoms with van der Waals surface area (Å²) in [4.78, 5) is 5.54. The number of hydrogen-bond acceptors (Lipinski definition) is 4. The first-order chi connectivity index (χ1) is 16.1. The summed E-state index contributed by atoms with van der Waals surface area (Å²) in [5.41, 5.74) is 5.03. The molecule has 4 nitrogen and oxygen atoms in total. The molecule has 1 saturated carbocycles. The Labute approximate surface area is 200 Å². The third-order valence-corrected chi connectivity index (χ3v) is 8.49. The van der Waals surface area contributed by atoms with Gasteiger partial charge in [-0.15, -0.1) is 0 Å². The van der Waals surface area contributed by atoms with Crippen LogP contribution in [0.4, 0.5) is 0 Å². The van der Waals surface area contributed by atoms with Crippen molar-refractivity contribution in [3.63, 3.8) is 0 Å². The highest BCUT2D eigenvalue weighted by Gasteiger charge is 2.49. The highest BCUT2D eigenvalue weighted by molar-refractivity contribution is 5.34. The molecule has 1 atom stereocenters. The van der Waals surface area contributed by atoms with E-state index in [1.807, 2.05) is 6.07 Å². The molecule has 2 aliphatic heterocycles. The van der Waals surface area contributed by atoms with E-state index in [1.54, 1.807) is 12.7 Å². The molecule has 33 heavy (non-hydrogen) atoms. The lowest BCUT2D eigenvalue weighted by Crippen LogP contribution is -2.59. The molecule has 2 heterocycles.